The fourth-order valence-corrected chi connectivity index (χ4v) is 3.85. The molecule has 0 aromatic heterocycles. The number of hydrogen-bond donors (Lipinski definition) is 1. The van der Waals surface area contributed by atoms with Crippen LogP contribution in [-0.4, -0.2) is 21.8 Å². The van der Waals surface area contributed by atoms with E-state index in [9.17, 15) is 8.42 Å². The SMILES string of the molecule is COc1c(Cl)cc(C2(N)CCCC2)cc1S(C)(=O)=O. The number of nitrogens with two attached hydrogens (primary N) is 1. The first-order chi connectivity index (χ1) is 8.78. The second-order valence-electron chi connectivity index (χ2n) is 5.12. The lowest BCUT2D eigenvalue weighted by Gasteiger charge is -2.25. The molecular weight excluding hydrogens is 286 g/mol. The van der Waals surface area contributed by atoms with E-state index in [1.54, 1.807) is 12.1 Å². The summed E-state index contributed by atoms with van der Waals surface area (Å²) in [6, 6.07) is 3.33. The Morgan fingerprint density at radius 3 is 2.37 bits per heavy atom. The van der Waals surface area contributed by atoms with Gasteiger partial charge in [0.15, 0.2) is 15.6 Å². The second kappa shape index (κ2) is 4.96. The van der Waals surface area contributed by atoms with Crippen LogP contribution in [-0.2, 0) is 15.4 Å². The Bertz CT molecular complexity index is 592. The van der Waals surface area contributed by atoms with Crippen LogP contribution >= 0.6 is 11.6 Å². The highest BCUT2D eigenvalue weighted by Gasteiger charge is 2.33. The van der Waals surface area contributed by atoms with E-state index in [0.29, 0.717) is 0 Å². The predicted octanol–water partition coefficient (Wildman–Crippen LogP) is 2.48. The summed E-state index contributed by atoms with van der Waals surface area (Å²) in [6.07, 6.45) is 4.93. The first kappa shape index (κ1) is 14.6. The fourth-order valence-electron chi connectivity index (χ4n) is 2.62. The Balaban J connectivity index is 2.63. The van der Waals surface area contributed by atoms with Gasteiger partial charge in [-0.2, -0.15) is 0 Å². The van der Waals surface area contributed by atoms with Crippen molar-refractivity contribution in [3.8, 4) is 5.75 Å². The Hall–Kier alpha value is -0.780. The summed E-state index contributed by atoms with van der Waals surface area (Å²) in [5.74, 6) is 0.189. The molecule has 0 bridgehead atoms. The minimum absolute atomic E-state index is 0.106. The van der Waals surface area contributed by atoms with Crippen LogP contribution in [0.4, 0.5) is 0 Å². The molecular formula is C13H18ClNO3S. The third kappa shape index (κ3) is 2.73. The van der Waals surface area contributed by atoms with Crippen molar-refractivity contribution in [2.24, 2.45) is 5.73 Å². The van der Waals surface area contributed by atoms with Gasteiger partial charge in [0.1, 0.15) is 4.90 Å². The highest BCUT2D eigenvalue weighted by Crippen LogP contribution is 2.41. The van der Waals surface area contributed by atoms with Gasteiger partial charge in [-0.05, 0) is 30.5 Å². The molecule has 0 radical (unpaired) electrons. The molecule has 1 aliphatic rings. The summed E-state index contributed by atoms with van der Waals surface area (Å²) in [5, 5.41) is 0.289. The van der Waals surface area contributed by atoms with Gasteiger partial charge < -0.3 is 10.5 Å². The van der Waals surface area contributed by atoms with Crippen LogP contribution in [0.1, 0.15) is 31.2 Å². The Labute approximate surface area is 118 Å². The van der Waals surface area contributed by atoms with Crippen LogP contribution in [0.25, 0.3) is 0 Å². The highest BCUT2D eigenvalue weighted by atomic mass is 35.5. The molecule has 0 unspecified atom stereocenters. The van der Waals surface area contributed by atoms with Crippen LogP contribution in [0.15, 0.2) is 17.0 Å². The summed E-state index contributed by atoms with van der Waals surface area (Å²) < 4.78 is 28.8. The van der Waals surface area contributed by atoms with E-state index in [1.807, 2.05) is 0 Å². The van der Waals surface area contributed by atoms with Crippen molar-refractivity contribution >= 4 is 21.4 Å². The van der Waals surface area contributed by atoms with Crippen molar-refractivity contribution in [3.63, 3.8) is 0 Å². The number of ether oxygens (including phenoxy) is 1. The van der Waals surface area contributed by atoms with Crippen molar-refractivity contribution in [1.29, 1.82) is 0 Å². The van der Waals surface area contributed by atoms with E-state index in [1.165, 1.54) is 7.11 Å². The molecule has 2 rings (SSSR count). The molecule has 0 saturated heterocycles. The van der Waals surface area contributed by atoms with Crippen LogP contribution in [0.2, 0.25) is 5.02 Å². The molecule has 0 spiro atoms. The molecule has 106 valence electrons. The standard InChI is InChI=1S/C13H18ClNO3S/c1-18-12-10(14)7-9(8-11(12)19(2,16)17)13(15)5-3-4-6-13/h7-8H,3-6,15H2,1-2H3. The number of hydrogen-bond acceptors (Lipinski definition) is 4. The van der Waals surface area contributed by atoms with Gasteiger partial charge in [0, 0.05) is 11.8 Å². The number of benzene rings is 1. The van der Waals surface area contributed by atoms with Gasteiger partial charge in [-0.1, -0.05) is 24.4 Å². The van der Waals surface area contributed by atoms with Crippen molar-refractivity contribution < 1.29 is 13.2 Å². The van der Waals surface area contributed by atoms with Gasteiger partial charge in [-0.25, -0.2) is 8.42 Å². The maximum Gasteiger partial charge on any atom is 0.179 e. The van der Waals surface area contributed by atoms with Crippen molar-refractivity contribution in [1.82, 2.24) is 0 Å². The number of halogens is 1. The second-order valence-corrected chi connectivity index (χ2v) is 7.52. The summed E-state index contributed by atoms with van der Waals surface area (Å²) in [5.41, 5.74) is 6.66. The molecule has 1 saturated carbocycles. The number of rotatable bonds is 3. The van der Waals surface area contributed by atoms with Crippen LogP contribution in [0.5, 0.6) is 5.75 Å². The largest absolute Gasteiger partial charge is 0.494 e. The zero-order chi connectivity index (χ0) is 14.3. The number of methoxy groups -OCH3 is 1. The number of sulfone groups is 1. The normalized spacial score (nSPS) is 18.5. The van der Waals surface area contributed by atoms with E-state index in [-0.39, 0.29) is 15.7 Å². The molecule has 4 nitrogen and oxygen atoms in total. The zero-order valence-corrected chi connectivity index (χ0v) is 12.6. The molecule has 19 heavy (non-hydrogen) atoms. The average Bonchev–Trinajstić information content (AvgIpc) is 2.75. The summed E-state index contributed by atoms with van der Waals surface area (Å²) >= 11 is 6.14. The molecule has 2 N–H and O–H groups in total. The van der Waals surface area contributed by atoms with Crippen LogP contribution in [0.3, 0.4) is 0 Å². The van der Waals surface area contributed by atoms with E-state index in [2.05, 4.69) is 0 Å². The Morgan fingerprint density at radius 1 is 1.32 bits per heavy atom. The lowest BCUT2D eigenvalue weighted by molar-refractivity contribution is 0.400. The first-order valence-corrected chi connectivity index (χ1v) is 8.42. The molecule has 0 amide bonds. The Morgan fingerprint density at radius 2 is 1.89 bits per heavy atom. The third-order valence-electron chi connectivity index (χ3n) is 3.68. The van der Waals surface area contributed by atoms with E-state index in [0.717, 1.165) is 37.5 Å². The van der Waals surface area contributed by atoms with Gasteiger partial charge in [-0.3, -0.25) is 0 Å². The fraction of sp³-hybridized carbons (Fsp3) is 0.538. The molecule has 0 heterocycles. The minimum Gasteiger partial charge on any atom is -0.494 e. The average molecular weight is 304 g/mol. The highest BCUT2D eigenvalue weighted by molar-refractivity contribution is 7.90. The van der Waals surface area contributed by atoms with Gasteiger partial charge >= 0.3 is 0 Å². The summed E-state index contributed by atoms with van der Waals surface area (Å²) in [4.78, 5) is 0.106. The monoisotopic (exact) mass is 303 g/mol. The lowest BCUT2D eigenvalue weighted by Crippen LogP contribution is -2.33. The van der Waals surface area contributed by atoms with Gasteiger partial charge in [-0.15, -0.1) is 0 Å². The molecule has 1 aliphatic carbocycles. The van der Waals surface area contributed by atoms with Gasteiger partial charge in [0.2, 0.25) is 0 Å². The van der Waals surface area contributed by atoms with Crippen molar-refractivity contribution in [2.75, 3.05) is 13.4 Å². The smallest absolute Gasteiger partial charge is 0.179 e. The van der Waals surface area contributed by atoms with Gasteiger partial charge in [0.25, 0.3) is 0 Å². The third-order valence-corrected chi connectivity index (χ3v) is 5.07. The molecule has 1 aromatic rings. The molecule has 0 atom stereocenters. The maximum absolute atomic E-state index is 11.9. The zero-order valence-electron chi connectivity index (χ0n) is 11.1. The first-order valence-electron chi connectivity index (χ1n) is 6.15. The minimum atomic E-state index is -3.41. The molecule has 1 aromatic carbocycles. The van der Waals surface area contributed by atoms with E-state index >= 15 is 0 Å². The lowest BCUT2D eigenvalue weighted by atomic mass is 9.89. The molecule has 0 aliphatic heterocycles. The van der Waals surface area contributed by atoms with E-state index < -0.39 is 15.4 Å². The molecule has 1 fully saturated rings. The van der Waals surface area contributed by atoms with Crippen molar-refractivity contribution in [2.45, 2.75) is 36.1 Å². The Kier molecular flexibility index (Phi) is 3.82. The quantitative estimate of drug-likeness (QED) is 0.931. The van der Waals surface area contributed by atoms with Crippen LogP contribution in [0, 0.1) is 0 Å². The van der Waals surface area contributed by atoms with E-state index in [4.69, 9.17) is 22.1 Å². The van der Waals surface area contributed by atoms with Crippen molar-refractivity contribution in [3.05, 3.63) is 22.7 Å². The summed E-state index contributed by atoms with van der Waals surface area (Å²) in [7, 11) is -2.01. The predicted molar refractivity (Wildman–Crippen MR) is 75.4 cm³/mol. The maximum atomic E-state index is 11.9. The van der Waals surface area contributed by atoms with Crippen LogP contribution < -0.4 is 10.5 Å². The summed E-state index contributed by atoms with van der Waals surface area (Å²) in [6.45, 7) is 0. The van der Waals surface area contributed by atoms with Gasteiger partial charge in [0.05, 0.1) is 12.1 Å². The topological polar surface area (TPSA) is 69.4 Å². The molecule has 6 heteroatoms.